The van der Waals surface area contributed by atoms with Crippen LogP contribution in [-0.2, 0) is 9.68 Å². The Balaban J connectivity index is 1.66. The van der Waals surface area contributed by atoms with Gasteiger partial charge in [-0.15, -0.1) is 0 Å². The first kappa shape index (κ1) is 19.9. The van der Waals surface area contributed by atoms with Crippen LogP contribution >= 0.6 is 0 Å². The third kappa shape index (κ3) is 2.84. The van der Waals surface area contributed by atoms with Crippen molar-refractivity contribution in [3.05, 3.63) is 11.6 Å². The molecule has 0 amide bonds. The van der Waals surface area contributed by atoms with Gasteiger partial charge in [0, 0.05) is 5.92 Å². The summed E-state index contributed by atoms with van der Waals surface area (Å²) >= 11 is 0. The van der Waals surface area contributed by atoms with Crippen molar-refractivity contribution in [1.82, 2.24) is 0 Å². The topological polar surface area (TPSA) is 63.4 Å². The second-order valence-electron chi connectivity index (χ2n) is 10.0. The first-order valence-electron chi connectivity index (χ1n) is 10.9. The molecule has 3 saturated carbocycles. The quantitative estimate of drug-likeness (QED) is 0.569. The molecule has 1 N–H and O–H groups in total. The fraction of sp³-hybridized carbons (Fsp3) is 0.826. The van der Waals surface area contributed by atoms with Crippen LogP contribution in [0.5, 0.6) is 0 Å². The minimum Gasteiger partial charge on any atom is -0.399 e. The Morgan fingerprint density at radius 2 is 1.93 bits per heavy atom. The Hall–Kier alpha value is -1.36. The predicted octanol–water partition coefficient (Wildman–Crippen LogP) is 4.56. The first-order valence-corrected chi connectivity index (χ1v) is 10.9. The Bertz CT molecular complexity index is 715. The van der Waals surface area contributed by atoms with Crippen LogP contribution in [0.4, 0.5) is 0 Å². The molecule has 156 valence electrons. The monoisotopic (exact) mass is 388 g/mol. The lowest BCUT2D eigenvalue weighted by Gasteiger charge is -2.60. The van der Waals surface area contributed by atoms with Gasteiger partial charge in [0.05, 0.1) is 17.5 Å². The number of aliphatic hydroxyl groups is 1. The van der Waals surface area contributed by atoms with Gasteiger partial charge in [0.2, 0.25) is 0 Å². The highest BCUT2D eigenvalue weighted by molar-refractivity contribution is 5.96. The van der Waals surface area contributed by atoms with Gasteiger partial charge in [-0.25, -0.2) is 0 Å². The van der Waals surface area contributed by atoms with Gasteiger partial charge in [-0.05, 0) is 86.5 Å². The lowest BCUT2D eigenvalue weighted by molar-refractivity contribution is -0.121. The summed E-state index contributed by atoms with van der Waals surface area (Å²) in [5.74, 6) is 2.04. The van der Waals surface area contributed by atoms with E-state index in [1.807, 2.05) is 0 Å². The Kier molecular flexibility index (Phi) is 5.09. The van der Waals surface area contributed by atoms with Crippen molar-refractivity contribution < 1.29 is 14.8 Å². The third-order valence-corrected chi connectivity index (χ3v) is 8.86. The molecular weight excluding hydrogens is 352 g/mol. The fourth-order valence-corrected chi connectivity index (χ4v) is 7.78. The summed E-state index contributed by atoms with van der Waals surface area (Å²) in [5.41, 5.74) is 3.84. The molecule has 0 aromatic rings. The van der Waals surface area contributed by atoms with E-state index in [1.165, 1.54) is 24.8 Å². The van der Waals surface area contributed by atoms with Crippen LogP contribution in [0.15, 0.2) is 22.0 Å². The number of fused-ring (bicyclic) bond motifs is 5. The predicted molar refractivity (Wildman–Crippen MR) is 111 cm³/mol. The highest BCUT2D eigenvalue weighted by Crippen LogP contribution is 2.66. The normalized spacial score (nSPS) is 47.1. The third-order valence-electron chi connectivity index (χ3n) is 8.86. The summed E-state index contributed by atoms with van der Waals surface area (Å²) in [4.78, 5) is 10.1. The number of hydrogen-bond donors (Lipinski definition) is 1. The van der Waals surface area contributed by atoms with Crippen LogP contribution in [0, 0.1) is 34.5 Å². The van der Waals surface area contributed by atoms with Crippen molar-refractivity contribution in [1.29, 1.82) is 0 Å². The maximum absolute atomic E-state index is 11.5. The van der Waals surface area contributed by atoms with Crippen molar-refractivity contribution in [2.45, 2.75) is 71.8 Å². The smallest absolute Gasteiger partial charge is 0.106 e. The second-order valence-corrected chi connectivity index (χ2v) is 10.0. The van der Waals surface area contributed by atoms with E-state index in [1.54, 1.807) is 14.2 Å². The molecule has 28 heavy (non-hydrogen) atoms. The molecule has 5 nitrogen and oxygen atoms in total. The van der Waals surface area contributed by atoms with Crippen LogP contribution < -0.4 is 0 Å². The van der Waals surface area contributed by atoms with Gasteiger partial charge in [-0.2, -0.15) is 0 Å². The van der Waals surface area contributed by atoms with E-state index in [9.17, 15) is 5.11 Å². The molecule has 4 aliphatic rings. The van der Waals surface area contributed by atoms with Crippen molar-refractivity contribution >= 4 is 11.4 Å². The summed E-state index contributed by atoms with van der Waals surface area (Å²) in [7, 11) is 3.25. The number of allylic oxidation sites excluding steroid dienone is 2. The SMILES string of the molecule is CO/N=C1/C=C2CCC3C(C(O)CC4(C)C(/C(C)=N/OC)CCC34)C2(C)CC1. The Morgan fingerprint density at radius 1 is 1.14 bits per heavy atom. The number of rotatable bonds is 3. The summed E-state index contributed by atoms with van der Waals surface area (Å²) in [6, 6.07) is 0. The number of hydrogen-bond acceptors (Lipinski definition) is 5. The highest BCUT2D eigenvalue weighted by atomic mass is 16.6. The van der Waals surface area contributed by atoms with Gasteiger partial charge in [0.1, 0.15) is 14.2 Å². The summed E-state index contributed by atoms with van der Waals surface area (Å²) in [6.45, 7) is 6.90. The van der Waals surface area contributed by atoms with Gasteiger partial charge >= 0.3 is 0 Å². The second kappa shape index (κ2) is 7.16. The van der Waals surface area contributed by atoms with Crippen molar-refractivity contribution in [2.24, 2.45) is 44.8 Å². The molecule has 3 fully saturated rings. The van der Waals surface area contributed by atoms with Gasteiger partial charge in [0.25, 0.3) is 0 Å². The van der Waals surface area contributed by atoms with E-state index in [2.05, 4.69) is 37.2 Å². The molecule has 0 bridgehead atoms. The number of aliphatic hydroxyl groups excluding tert-OH is 1. The fourth-order valence-electron chi connectivity index (χ4n) is 7.78. The van der Waals surface area contributed by atoms with E-state index in [-0.39, 0.29) is 16.9 Å². The molecule has 7 unspecified atom stereocenters. The van der Waals surface area contributed by atoms with Crippen molar-refractivity contribution in [2.75, 3.05) is 14.2 Å². The van der Waals surface area contributed by atoms with Crippen LogP contribution in [0.25, 0.3) is 0 Å². The van der Waals surface area contributed by atoms with E-state index >= 15 is 0 Å². The molecule has 4 aliphatic carbocycles. The van der Waals surface area contributed by atoms with Crippen molar-refractivity contribution in [3.8, 4) is 0 Å². The van der Waals surface area contributed by atoms with Crippen LogP contribution in [0.3, 0.4) is 0 Å². The molecule has 0 radical (unpaired) electrons. The molecule has 7 atom stereocenters. The molecule has 4 rings (SSSR count). The van der Waals surface area contributed by atoms with Crippen LogP contribution in [0.2, 0.25) is 0 Å². The average Bonchev–Trinajstić information content (AvgIpc) is 2.98. The van der Waals surface area contributed by atoms with E-state index in [0.717, 1.165) is 37.1 Å². The molecule has 0 heterocycles. The maximum atomic E-state index is 11.5. The van der Waals surface area contributed by atoms with E-state index < -0.39 is 0 Å². The Labute approximate surface area is 169 Å². The first-order chi connectivity index (χ1) is 13.3. The highest BCUT2D eigenvalue weighted by Gasteiger charge is 2.62. The van der Waals surface area contributed by atoms with Gasteiger partial charge < -0.3 is 14.8 Å². The molecule has 0 aliphatic heterocycles. The summed E-state index contributed by atoms with van der Waals surface area (Å²) < 4.78 is 0. The van der Waals surface area contributed by atoms with Crippen LogP contribution in [-0.4, -0.2) is 36.9 Å². The molecular formula is C23H36N2O3. The molecule has 0 aromatic carbocycles. The van der Waals surface area contributed by atoms with E-state index in [4.69, 9.17) is 9.68 Å². The minimum absolute atomic E-state index is 0.0875. The summed E-state index contributed by atoms with van der Waals surface area (Å²) in [6.07, 6.45) is 9.60. The van der Waals surface area contributed by atoms with Crippen molar-refractivity contribution in [3.63, 3.8) is 0 Å². The molecule has 0 saturated heterocycles. The lowest BCUT2D eigenvalue weighted by atomic mass is 9.46. The average molecular weight is 389 g/mol. The van der Waals surface area contributed by atoms with Gasteiger partial charge in [-0.1, -0.05) is 29.7 Å². The Morgan fingerprint density at radius 3 is 2.64 bits per heavy atom. The van der Waals surface area contributed by atoms with Gasteiger partial charge in [-0.3, -0.25) is 0 Å². The maximum Gasteiger partial charge on any atom is 0.106 e. The number of nitrogens with zero attached hydrogens (tertiary/aromatic N) is 2. The zero-order chi connectivity index (χ0) is 20.1. The van der Waals surface area contributed by atoms with Gasteiger partial charge in [0.15, 0.2) is 0 Å². The standard InChI is InChI=1S/C23H36N2O3/c1-14(24-27-4)18-8-9-19-17-7-6-15-12-16(25-28-5)10-11-22(15,2)21(17)20(26)13-23(18,19)3/h12,17-21,26H,6-11,13H2,1-5H3/b24-14+,25-16+. The molecule has 0 spiro atoms. The zero-order valence-corrected chi connectivity index (χ0v) is 18.1. The minimum atomic E-state index is -0.253. The zero-order valence-electron chi connectivity index (χ0n) is 18.1. The lowest BCUT2D eigenvalue weighted by Crippen LogP contribution is -2.57. The van der Waals surface area contributed by atoms with Crippen LogP contribution in [0.1, 0.15) is 65.7 Å². The molecule has 5 heteroatoms. The number of oxime groups is 2. The largest absolute Gasteiger partial charge is 0.399 e. The molecule has 0 aromatic heterocycles. The summed E-state index contributed by atoms with van der Waals surface area (Å²) in [5, 5.41) is 19.9. The van der Waals surface area contributed by atoms with E-state index in [0.29, 0.717) is 23.7 Å².